The monoisotopic (exact) mass is 232 g/mol. The minimum atomic E-state index is 0.367. The minimum Gasteiger partial charge on any atom is -0.0698 e. The van der Waals surface area contributed by atoms with Gasteiger partial charge in [-0.3, -0.25) is 0 Å². The molecular weight excluding hydrogens is 216 g/mol. The van der Waals surface area contributed by atoms with Gasteiger partial charge in [0.25, 0.3) is 0 Å². The standard InChI is InChI=1S/C18H16/c1-3-7-14(8-4-1)15-11-17-13-18(17,12-15)16-9-5-2-6-10-16/h1-10,12,17H,11,13H2/t17-,18+/m0/s1. The zero-order valence-corrected chi connectivity index (χ0v) is 10.3. The van der Waals surface area contributed by atoms with Gasteiger partial charge in [0, 0.05) is 5.41 Å². The largest absolute Gasteiger partial charge is 0.0698 e. The highest BCUT2D eigenvalue weighted by Crippen LogP contribution is 2.64. The molecule has 0 heterocycles. The fraction of sp³-hybridized carbons (Fsp3) is 0.222. The van der Waals surface area contributed by atoms with Crippen molar-refractivity contribution in [3.8, 4) is 0 Å². The van der Waals surface area contributed by atoms with Crippen LogP contribution >= 0.6 is 0 Å². The van der Waals surface area contributed by atoms with Gasteiger partial charge < -0.3 is 0 Å². The van der Waals surface area contributed by atoms with E-state index in [0.29, 0.717) is 5.41 Å². The molecule has 2 aliphatic carbocycles. The van der Waals surface area contributed by atoms with Crippen LogP contribution in [0.4, 0.5) is 0 Å². The Labute approximate surface area is 108 Å². The molecular formula is C18H16. The Hall–Kier alpha value is -1.82. The summed E-state index contributed by atoms with van der Waals surface area (Å²) in [7, 11) is 0. The summed E-state index contributed by atoms with van der Waals surface area (Å²) in [6, 6.07) is 21.8. The van der Waals surface area contributed by atoms with Crippen molar-refractivity contribution in [2.24, 2.45) is 5.92 Å². The predicted octanol–water partition coefficient (Wildman–Crippen LogP) is 4.43. The van der Waals surface area contributed by atoms with E-state index in [1.807, 2.05) is 0 Å². The first-order chi connectivity index (χ1) is 8.88. The van der Waals surface area contributed by atoms with E-state index in [2.05, 4.69) is 66.7 Å². The molecule has 0 aliphatic heterocycles. The van der Waals surface area contributed by atoms with Crippen LogP contribution < -0.4 is 0 Å². The van der Waals surface area contributed by atoms with E-state index in [1.54, 1.807) is 0 Å². The maximum atomic E-state index is 2.53. The number of hydrogen-bond donors (Lipinski definition) is 0. The molecule has 2 aromatic rings. The molecule has 1 saturated carbocycles. The molecule has 18 heavy (non-hydrogen) atoms. The van der Waals surface area contributed by atoms with Crippen molar-refractivity contribution in [1.29, 1.82) is 0 Å². The number of benzene rings is 2. The third-order valence-corrected chi connectivity index (χ3v) is 4.51. The second kappa shape index (κ2) is 3.58. The third kappa shape index (κ3) is 1.38. The first kappa shape index (κ1) is 10.1. The summed E-state index contributed by atoms with van der Waals surface area (Å²) in [5.74, 6) is 0.843. The van der Waals surface area contributed by atoms with E-state index in [0.717, 1.165) is 5.92 Å². The van der Waals surface area contributed by atoms with Crippen molar-refractivity contribution in [3.05, 3.63) is 77.9 Å². The predicted molar refractivity (Wildman–Crippen MR) is 75.3 cm³/mol. The molecule has 0 bridgehead atoms. The molecule has 0 unspecified atom stereocenters. The molecule has 0 spiro atoms. The molecule has 0 saturated heterocycles. The zero-order valence-electron chi connectivity index (χ0n) is 10.3. The molecule has 0 amide bonds. The quantitative estimate of drug-likeness (QED) is 0.718. The van der Waals surface area contributed by atoms with Crippen LogP contribution in [-0.4, -0.2) is 0 Å². The van der Waals surface area contributed by atoms with Gasteiger partial charge in [-0.15, -0.1) is 0 Å². The van der Waals surface area contributed by atoms with Gasteiger partial charge in [-0.25, -0.2) is 0 Å². The van der Waals surface area contributed by atoms with E-state index < -0.39 is 0 Å². The van der Waals surface area contributed by atoms with Crippen LogP contribution in [0.15, 0.2) is 66.7 Å². The molecule has 0 N–H and O–H groups in total. The minimum absolute atomic E-state index is 0.367. The van der Waals surface area contributed by atoms with Gasteiger partial charge in [-0.1, -0.05) is 66.7 Å². The summed E-state index contributed by atoms with van der Waals surface area (Å²) in [6.45, 7) is 0. The van der Waals surface area contributed by atoms with E-state index in [1.165, 1.54) is 29.5 Å². The average molecular weight is 232 g/mol. The molecule has 0 nitrogen and oxygen atoms in total. The number of allylic oxidation sites excluding steroid dienone is 2. The summed E-state index contributed by atoms with van der Waals surface area (Å²) in [5, 5.41) is 0. The molecule has 2 aromatic carbocycles. The Kier molecular flexibility index (Phi) is 2.02. The summed E-state index contributed by atoms with van der Waals surface area (Å²) < 4.78 is 0. The van der Waals surface area contributed by atoms with Gasteiger partial charge >= 0.3 is 0 Å². The number of hydrogen-bond acceptors (Lipinski definition) is 0. The van der Waals surface area contributed by atoms with Crippen molar-refractivity contribution in [2.45, 2.75) is 18.3 Å². The maximum Gasteiger partial charge on any atom is 0.0173 e. The Bertz CT molecular complexity index is 594. The van der Waals surface area contributed by atoms with Gasteiger partial charge in [-0.2, -0.15) is 0 Å². The Morgan fingerprint density at radius 2 is 1.50 bits per heavy atom. The van der Waals surface area contributed by atoms with E-state index in [-0.39, 0.29) is 0 Å². The Morgan fingerprint density at radius 3 is 2.22 bits per heavy atom. The Balaban J connectivity index is 1.74. The van der Waals surface area contributed by atoms with Crippen LogP contribution in [0.1, 0.15) is 24.0 Å². The molecule has 88 valence electrons. The van der Waals surface area contributed by atoms with Gasteiger partial charge in [0.2, 0.25) is 0 Å². The number of fused-ring (bicyclic) bond motifs is 1. The maximum absolute atomic E-state index is 2.53. The van der Waals surface area contributed by atoms with Crippen molar-refractivity contribution in [1.82, 2.24) is 0 Å². The van der Waals surface area contributed by atoms with E-state index >= 15 is 0 Å². The van der Waals surface area contributed by atoms with Crippen LogP contribution in [0.3, 0.4) is 0 Å². The Morgan fingerprint density at radius 1 is 0.833 bits per heavy atom. The molecule has 1 fully saturated rings. The summed E-state index contributed by atoms with van der Waals surface area (Å²) in [5.41, 5.74) is 4.81. The normalized spacial score (nSPS) is 28.7. The van der Waals surface area contributed by atoms with Crippen LogP contribution in [-0.2, 0) is 5.41 Å². The average Bonchev–Trinajstić information content (AvgIpc) is 3.03. The SMILES string of the molecule is C1=C(c2ccccc2)C[C@H]2C[C@@]12c1ccccc1. The van der Waals surface area contributed by atoms with Crippen molar-refractivity contribution in [3.63, 3.8) is 0 Å². The van der Waals surface area contributed by atoms with Crippen LogP contribution in [0, 0.1) is 5.92 Å². The first-order valence-corrected chi connectivity index (χ1v) is 6.71. The van der Waals surface area contributed by atoms with Crippen LogP contribution in [0.2, 0.25) is 0 Å². The van der Waals surface area contributed by atoms with E-state index in [9.17, 15) is 0 Å². The van der Waals surface area contributed by atoms with Crippen molar-refractivity contribution in [2.75, 3.05) is 0 Å². The van der Waals surface area contributed by atoms with Crippen LogP contribution in [0.25, 0.3) is 5.57 Å². The highest BCUT2D eigenvalue weighted by atomic mass is 14.6. The molecule has 0 radical (unpaired) electrons. The van der Waals surface area contributed by atoms with Gasteiger partial charge in [0.15, 0.2) is 0 Å². The smallest absolute Gasteiger partial charge is 0.0173 e. The second-order valence-corrected chi connectivity index (χ2v) is 5.55. The fourth-order valence-corrected chi connectivity index (χ4v) is 3.45. The molecule has 0 heteroatoms. The van der Waals surface area contributed by atoms with Gasteiger partial charge in [0.05, 0.1) is 0 Å². The topological polar surface area (TPSA) is 0 Å². The number of rotatable bonds is 2. The summed E-state index contributed by atoms with van der Waals surface area (Å²) in [4.78, 5) is 0. The molecule has 2 aliphatic rings. The lowest BCUT2D eigenvalue weighted by Gasteiger charge is -2.09. The molecule has 0 aromatic heterocycles. The molecule has 2 atom stereocenters. The van der Waals surface area contributed by atoms with Gasteiger partial charge in [0.1, 0.15) is 0 Å². The lowest BCUT2D eigenvalue weighted by molar-refractivity contribution is 0.777. The summed E-state index contributed by atoms with van der Waals surface area (Å²) >= 11 is 0. The lowest BCUT2D eigenvalue weighted by atomic mass is 9.95. The zero-order chi connectivity index (χ0) is 12.0. The summed E-state index contributed by atoms with van der Waals surface area (Å²) in [6.07, 6.45) is 5.12. The first-order valence-electron chi connectivity index (χ1n) is 6.71. The third-order valence-electron chi connectivity index (χ3n) is 4.51. The van der Waals surface area contributed by atoms with Gasteiger partial charge in [-0.05, 0) is 35.5 Å². The lowest BCUT2D eigenvalue weighted by Crippen LogP contribution is -2.02. The highest BCUT2D eigenvalue weighted by molar-refractivity contribution is 5.73. The highest BCUT2D eigenvalue weighted by Gasteiger charge is 2.57. The fourth-order valence-electron chi connectivity index (χ4n) is 3.45. The van der Waals surface area contributed by atoms with Crippen molar-refractivity contribution >= 4 is 5.57 Å². The molecule has 4 rings (SSSR count). The van der Waals surface area contributed by atoms with E-state index in [4.69, 9.17) is 0 Å². The van der Waals surface area contributed by atoms with Crippen LogP contribution in [0.5, 0.6) is 0 Å². The second-order valence-electron chi connectivity index (χ2n) is 5.55. The van der Waals surface area contributed by atoms with Crippen molar-refractivity contribution < 1.29 is 0 Å².